The molecule has 0 saturated heterocycles. The van der Waals surface area contributed by atoms with E-state index in [1.54, 1.807) is 12.1 Å². The number of halogens is 1. The number of hydrogen-bond acceptors (Lipinski definition) is 2. The number of thiophene rings is 1. The second-order valence-electron chi connectivity index (χ2n) is 7.66. The Kier molecular flexibility index (Phi) is 3.67. The minimum Gasteiger partial charge on any atom is -0.242 e. The van der Waals surface area contributed by atoms with Crippen LogP contribution in [-0.4, -0.2) is 4.98 Å². The van der Waals surface area contributed by atoms with Crippen molar-refractivity contribution in [2.45, 2.75) is 51.9 Å². The summed E-state index contributed by atoms with van der Waals surface area (Å²) in [7, 11) is 0. The summed E-state index contributed by atoms with van der Waals surface area (Å²) < 4.78 is 14.0. The van der Waals surface area contributed by atoms with E-state index in [0.29, 0.717) is 5.92 Å². The van der Waals surface area contributed by atoms with E-state index in [1.165, 1.54) is 63.2 Å². The van der Waals surface area contributed by atoms with E-state index >= 15 is 0 Å². The van der Waals surface area contributed by atoms with Crippen LogP contribution in [0.25, 0.3) is 21.3 Å². The van der Waals surface area contributed by atoms with Crippen LogP contribution >= 0.6 is 11.3 Å². The van der Waals surface area contributed by atoms with Gasteiger partial charge in [0.05, 0.1) is 0 Å². The molecule has 2 aliphatic rings. The summed E-state index contributed by atoms with van der Waals surface area (Å²) in [6.07, 6.45) is 8.19. The topological polar surface area (TPSA) is 12.9 Å². The molecule has 3 aromatic rings. The molecule has 128 valence electrons. The highest BCUT2D eigenvalue weighted by atomic mass is 32.1. The highest BCUT2D eigenvalue weighted by Gasteiger charge is 2.27. The van der Waals surface area contributed by atoms with Crippen LogP contribution in [-0.2, 0) is 25.7 Å². The smallest absolute Gasteiger partial charge is 0.124 e. The second-order valence-corrected chi connectivity index (χ2v) is 8.75. The lowest BCUT2D eigenvalue weighted by atomic mass is 9.81. The molecule has 0 saturated carbocycles. The maximum absolute atomic E-state index is 14.0. The summed E-state index contributed by atoms with van der Waals surface area (Å²) >= 11 is 1.88. The van der Waals surface area contributed by atoms with Gasteiger partial charge in [-0.05, 0) is 85.3 Å². The summed E-state index contributed by atoms with van der Waals surface area (Å²) in [6, 6.07) is 7.17. The van der Waals surface area contributed by atoms with Gasteiger partial charge in [0.25, 0.3) is 0 Å². The number of pyridine rings is 1. The molecule has 0 amide bonds. The van der Waals surface area contributed by atoms with Gasteiger partial charge in [0, 0.05) is 16.0 Å². The summed E-state index contributed by atoms with van der Waals surface area (Å²) in [5.41, 5.74) is 6.44. The number of hydrogen-bond donors (Lipinski definition) is 0. The molecule has 1 aromatic carbocycles. The number of nitrogens with zero attached hydrogens (tertiary/aromatic N) is 1. The summed E-state index contributed by atoms with van der Waals surface area (Å²) in [6.45, 7) is 2.32. The standard InChI is InChI=1S/C22H22FNS/c1-13-9-10-18-17(11-13)20(14-5-4-6-15(23)12-14)21-16-7-2-3-8-19(16)25-22(21)24-18/h4-6,12-13H,2-3,7-11H2,1H3/t13-/m1/s1. The van der Waals surface area contributed by atoms with Crippen molar-refractivity contribution in [2.24, 2.45) is 5.92 Å². The third kappa shape index (κ3) is 2.52. The van der Waals surface area contributed by atoms with Crippen LogP contribution in [0.3, 0.4) is 0 Å². The Morgan fingerprint density at radius 3 is 2.88 bits per heavy atom. The fraction of sp³-hybridized carbons (Fsp3) is 0.409. The number of aromatic nitrogens is 1. The van der Waals surface area contributed by atoms with Crippen LogP contribution in [0.4, 0.5) is 4.39 Å². The van der Waals surface area contributed by atoms with Crippen LogP contribution in [0.15, 0.2) is 24.3 Å². The third-order valence-corrected chi connectivity index (χ3v) is 7.01. The summed E-state index contributed by atoms with van der Waals surface area (Å²) in [5, 5.41) is 1.33. The number of rotatable bonds is 1. The maximum atomic E-state index is 14.0. The highest BCUT2D eigenvalue weighted by molar-refractivity contribution is 7.19. The number of benzene rings is 1. The van der Waals surface area contributed by atoms with Crippen molar-refractivity contribution >= 4 is 21.6 Å². The second kappa shape index (κ2) is 5.91. The van der Waals surface area contributed by atoms with Gasteiger partial charge in [0.15, 0.2) is 0 Å². The Bertz CT molecular complexity index is 972. The van der Waals surface area contributed by atoms with E-state index < -0.39 is 0 Å². The largest absolute Gasteiger partial charge is 0.242 e. The number of fused-ring (bicyclic) bond motifs is 4. The maximum Gasteiger partial charge on any atom is 0.124 e. The van der Waals surface area contributed by atoms with Crippen molar-refractivity contribution in [1.29, 1.82) is 0 Å². The van der Waals surface area contributed by atoms with Crippen molar-refractivity contribution in [2.75, 3.05) is 0 Å². The van der Waals surface area contributed by atoms with Crippen molar-refractivity contribution < 1.29 is 4.39 Å². The monoisotopic (exact) mass is 351 g/mol. The first kappa shape index (κ1) is 15.5. The average molecular weight is 351 g/mol. The van der Waals surface area contributed by atoms with E-state index in [1.807, 2.05) is 17.4 Å². The van der Waals surface area contributed by atoms with Gasteiger partial charge in [-0.15, -0.1) is 11.3 Å². The number of aryl methyl sites for hydroxylation is 3. The lowest BCUT2D eigenvalue weighted by Gasteiger charge is -2.25. The van der Waals surface area contributed by atoms with Gasteiger partial charge in [0.2, 0.25) is 0 Å². The molecule has 0 aliphatic heterocycles. The van der Waals surface area contributed by atoms with Crippen LogP contribution in [0.2, 0.25) is 0 Å². The fourth-order valence-electron chi connectivity index (χ4n) is 4.60. The first-order valence-electron chi connectivity index (χ1n) is 9.42. The lowest BCUT2D eigenvalue weighted by molar-refractivity contribution is 0.496. The molecular weight excluding hydrogens is 329 g/mol. The molecule has 3 heteroatoms. The zero-order valence-electron chi connectivity index (χ0n) is 14.6. The van der Waals surface area contributed by atoms with Crippen molar-refractivity contribution in [3.63, 3.8) is 0 Å². The van der Waals surface area contributed by atoms with Gasteiger partial charge < -0.3 is 0 Å². The van der Waals surface area contributed by atoms with E-state index in [-0.39, 0.29) is 5.82 Å². The third-order valence-electron chi connectivity index (χ3n) is 5.83. The van der Waals surface area contributed by atoms with E-state index in [9.17, 15) is 4.39 Å². The predicted molar refractivity (Wildman–Crippen MR) is 103 cm³/mol. The molecule has 25 heavy (non-hydrogen) atoms. The molecule has 0 N–H and O–H groups in total. The van der Waals surface area contributed by atoms with Crippen LogP contribution in [0.1, 0.15) is 47.9 Å². The van der Waals surface area contributed by atoms with Gasteiger partial charge in [-0.2, -0.15) is 0 Å². The molecule has 2 heterocycles. The lowest BCUT2D eigenvalue weighted by Crippen LogP contribution is -2.14. The molecule has 5 rings (SSSR count). The molecule has 1 nitrogen and oxygen atoms in total. The fourth-order valence-corrected chi connectivity index (χ4v) is 5.89. The van der Waals surface area contributed by atoms with Crippen molar-refractivity contribution in [3.05, 3.63) is 51.8 Å². The average Bonchev–Trinajstić information content (AvgIpc) is 2.98. The van der Waals surface area contributed by atoms with E-state index in [0.717, 1.165) is 24.8 Å². The van der Waals surface area contributed by atoms with Gasteiger partial charge in [0.1, 0.15) is 10.6 Å². The SMILES string of the molecule is C[C@@H]1CCc2nc3sc4c(c3c(-c3cccc(F)c3)c2C1)CCCC4. The van der Waals surface area contributed by atoms with Crippen LogP contribution in [0.5, 0.6) is 0 Å². The predicted octanol–water partition coefficient (Wildman–Crippen LogP) is 6.11. The summed E-state index contributed by atoms with van der Waals surface area (Å²) in [4.78, 5) is 7.78. The van der Waals surface area contributed by atoms with Gasteiger partial charge in [-0.3, -0.25) is 0 Å². The molecule has 0 bridgehead atoms. The molecule has 0 fully saturated rings. The molecular formula is C22H22FNS. The molecule has 1 atom stereocenters. The Hall–Kier alpha value is -1.74. The van der Waals surface area contributed by atoms with Gasteiger partial charge in [-0.25, -0.2) is 9.37 Å². The zero-order valence-corrected chi connectivity index (χ0v) is 15.4. The van der Waals surface area contributed by atoms with Crippen molar-refractivity contribution in [1.82, 2.24) is 4.98 Å². The normalized spacial score (nSPS) is 19.7. The minimum absolute atomic E-state index is 0.149. The Balaban J connectivity index is 1.88. The minimum atomic E-state index is -0.149. The van der Waals surface area contributed by atoms with Crippen LogP contribution < -0.4 is 0 Å². The van der Waals surface area contributed by atoms with Crippen LogP contribution in [0, 0.1) is 11.7 Å². The Morgan fingerprint density at radius 2 is 2.00 bits per heavy atom. The Labute approximate surface area is 151 Å². The Morgan fingerprint density at radius 1 is 1.12 bits per heavy atom. The summed E-state index contributed by atoms with van der Waals surface area (Å²) in [5.74, 6) is 0.526. The van der Waals surface area contributed by atoms with Crippen molar-refractivity contribution in [3.8, 4) is 11.1 Å². The van der Waals surface area contributed by atoms with E-state index in [4.69, 9.17) is 4.98 Å². The molecule has 0 spiro atoms. The quantitative estimate of drug-likeness (QED) is 0.516. The zero-order chi connectivity index (χ0) is 17.0. The van der Waals surface area contributed by atoms with Gasteiger partial charge in [-0.1, -0.05) is 19.1 Å². The van der Waals surface area contributed by atoms with E-state index in [2.05, 4.69) is 13.0 Å². The molecule has 0 unspecified atom stereocenters. The molecule has 0 radical (unpaired) electrons. The first-order chi connectivity index (χ1) is 12.2. The highest BCUT2D eigenvalue weighted by Crippen LogP contribution is 2.45. The molecule has 2 aliphatic carbocycles. The molecule has 2 aromatic heterocycles. The first-order valence-corrected chi connectivity index (χ1v) is 10.2. The van der Waals surface area contributed by atoms with Gasteiger partial charge >= 0.3 is 0 Å².